The summed E-state index contributed by atoms with van der Waals surface area (Å²) < 4.78 is 0. The molecule has 72 valence electrons. The first-order chi connectivity index (χ1) is 6.02. The maximum Gasteiger partial charge on any atom is 0.319 e. The summed E-state index contributed by atoms with van der Waals surface area (Å²) in [6.45, 7) is 5.64. The number of amides is 2. The number of hydrogen-bond acceptors (Lipinski definition) is 2. The van der Waals surface area contributed by atoms with Crippen LogP contribution in [-0.2, 0) is 0 Å². The quantitative estimate of drug-likeness (QED) is 0.603. The van der Waals surface area contributed by atoms with Crippen LogP contribution in [0.5, 0.6) is 0 Å². The summed E-state index contributed by atoms with van der Waals surface area (Å²) in [7, 11) is 1.77. The second kappa shape index (κ2) is 3.25. The molecule has 0 saturated carbocycles. The van der Waals surface area contributed by atoms with Crippen molar-refractivity contribution >= 4 is 6.03 Å². The van der Waals surface area contributed by atoms with Gasteiger partial charge in [-0.2, -0.15) is 5.26 Å². The summed E-state index contributed by atoms with van der Waals surface area (Å²) >= 11 is 0. The molecule has 1 aliphatic heterocycles. The van der Waals surface area contributed by atoms with Gasteiger partial charge >= 0.3 is 6.03 Å². The Hall–Kier alpha value is -1.24. The second-order valence-electron chi connectivity index (χ2n) is 3.83. The van der Waals surface area contributed by atoms with Crippen molar-refractivity contribution < 1.29 is 4.79 Å². The van der Waals surface area contributed by atoms with Crippen LogP contribution in [0.1, 0.15) is 13.8 Å². The van der Waals surface area contributed by atoms with E-state index < -0.39 is 0 Å². The SMILES string of the molecule is CCN(C)C(=O)N1CC(C)(C#N)C1. The first-order valence-corrected chi connectivity index (χ1v) is 4.44. The Bertz CT molecular complexity index is 250. The van der Waals surface area contributed by atoms with Crippen LogP contribution in [0.2, 0.25) is 0 Å². The van der Waals surface area contributed by atoms with Crippen molar-refractivity contribution in [3.63, 3.8) is 0 Å². The molecule has 0 unspecified atom stereocenters. The van der Waals surface area contributed by atoms with Gasteiger partial charge in [-0.3, -0.25) is 0 Å². The fourth-order valence-electron chi connectivity index (χ4n) is 1.38. The largest absolute Gasteiger partial charge is 0.328 e. The standard InChI is InChI=1S/C9H15N3O/c1-4-11(3)8(13)12-6-9(2,5-10)7-12/h4,6-7H2,1-3H3. The molecule has 0 spiro atoms. The maximum atomic E-state index is 11.5. The van der Waals surface area contributed by atoms with Crippen molar-refractivity contribution in [2.75, 3.05) is 26.7 Å². The summed E-state index contributed by atoms with van der Waals surface area (Å²) in [6.07, 6.45) is 0. The number of rotatable bonds is 1. The molecular formula is C9H15N3O. The summed E-state index contributed by atoms with van der Waals surface area (Å²) in [5.74, 6) is 0. The highest BCUT2D eigenvalue weighted by atomic mass is 16.2. The molecule has 0 radical (unpaired) electrons. The van der Waals surface area contributed by atoms with Gasteiger partial charge < -0.3 is 9.80 Å². The van der Waals surface area contributed by atoms with E-state index in [2.05, 4.69) is 6.07 Å². The normalized spacial score (nSPS) is 18.8. The Kier molecular flexibility index (Phi) is 2.46. The molecular weight excluding hydrogens is 166 g/mol. The molecule has 0 N–H and O–H groups in total. The van der Waals surface area contributed by atoms with Crippen LogP contribution in [0.3, 0.4) is 0 Å². The lowest BCUT2D eigenvalue weighted by atomic mass is 9.84. The van der Waals surface area contributed by atoms with Crippen molar-refractivity contribution in [1.29, 1.82) is 5.26 Å². The lowest BCUT2D eigenvalue weighted by Crippen LogP contribution is -2.59. The smallest absolute Gasteiger partial charge is 0.319 e. The minimum Gasteiger partial charge on any atom is -0.328 e. The monoisotopic (exact) mass is 181 g/mol. The number of urea groups is 1. The van der Waals surface area contributed by atoms with E-state index >= 15 is 0 Å². The molecule has 0 aromatic rings. The van der Waals surface area contributed by atoms with E-state index in [1.807, 2.05) is 13.8 Å². The number of nitrogens with zero attached hydrogens (tertiary/aromatic N) is 3. The Balaban J connectivity index is 2.45. The van der Waals surface area contributed by atoms with Gasteiger partial charge in [-0.15, -0.1) is 0 Å². The molecule has 4 nitrogen and oxygen atoms in total. The Morgan fingerprint density at radius 1 is 1.69 bits per heavy atom. The minimum atomic E-state index is -0.315. The summed E-state index contributed by atoms with van der Waals surface area (Å²) in [4.78, 5) is 14.9. The zero-order valence-electron chi connectivity index (χ0n) is 8.37. The highest BCUT2D eigenvalue weighted by Gasteiger charge is 2.42. The number of carbonyl (C=O) groups excluding carboxylic acids is 1. The van der Waals surface area contributed by atoms with E-state index in [0.717, 1.165) is 0 Å². The lowest BCUT2D eigenvalue weighted by Gasteiger charge is -2.44. The molecule has 4 heteroatoms. The van der Waals surface area contributed by atoms with Gasteiger partial charge in [0.2, 0.25) is 0 Å². The highest BCUT2D eigenvalue weighted by molar-refractivity contribution is 5.75. The van der Waals surface area contributed by atoms with E-state index in [1.165, 1.54) is 0 Å². The van der Waals surface area contributed by atoms with Crippen LogP contribution in [0.25, 0.3) is 0 Å². The molecule has 1 aliphatic rings. The summed E-state index contributed by atoms with van der Waals surface area (Å²) in [6, 6.07) is 2.23. The molecule has 0 bridgehead atoms. The first-order valence-electron chi connectivity index (χ1n) is 4.44. The molecule has 1 rings (SSSR count). The Morgan fingerprint density at radius 2 is 2.23 bits per heavy atom. The molecule has 0 aromatic carbocycles. The van der Waals surface area contributed by atoms with Gasteiger partial charge in [0.05, 0.1) is 11.5 Å². The van der Waals surface area contributed by atoms with Gasteiger partial charge in [0.25, 0.3) is 0 Å². The van der Waals surface area contributed by atoms with Crippen LogP contribution in [0.15, 0.2) is 0 Å². The molecule has 1 saturated heterocycles. The lowest BCUT2D eigenvalue weighted by molar-refractivity contribution is 0.0701. The second-order valence-corrected chi connectivity index (χ2v) is 3.83. The van der Waals surface area contributed by atoms with Crippen LogP contribution in [0.4, 0.5) is 4.79 Å². The predicted octanol–water partition coefficient (Wildman–Crippen LogP) is 0.904. The van der Waals surface area contributed by atoms with Crippen molar-refractivity contribution in [3.8, 4) is 6.07 Å². The average molecular weight is 181 g/mol. The van der Waals surface area contributed by atoms with Gasteiger partial charge in [-0.25, -0.2) is 4.79 Å². The zero-order chi connectivity index (χ0) is 10.1. The van der Waals surface area contributed by atoms with Crippen molar-refractivity contribution in [3.05, 3.63) is 0 Å². The summed E-state index contributed by atoms with van der Waals surface area (Å²) in [5.41, 5.74) is -0.315. The maximum absolute atomic E-state index is 11.5. The Morgan fingerprint density at radius 3 is 2.62 bits per heavy atom. The third kappa shape index (κ3) is 1.74. The van der Waals surface area contributed by atoms with Crippen LogP contribution < -0.4 is 0 Å². The van der Waals surface area contributed by atoms with Crippen LogP contribution in [-0.4, -0.2) is 42.5 Å². The van der Waals surface area contributed by atoms with Gasteiger partial charge in [0.15, 0.2) is 0 Å². The fraction of sp³-hybridized carbons (Fsp3) is 0.778. The van der Waals surface area contributed by atoms with E-state index in [4.69, 9.17) is 5.26 Å². The van der Waals surface area contributed by atoms with Crippen molar-refractivity contribution in [1.82, 2.24) is 9.80 Å². The van der Waals surface area contributed by atoms with E-state index in [1.54, 1.807) is 16.8 Å². The van der Waals surface area contributed by atoms with Crippen molar-refractivity contribution in [2.45, 2.75) is 13.8 Å². The molecule has 13 heavy (non-hydrogen) atoms. The number of likely N-dealkylation sites (tertiary alicyclic amines) is 1. The zero-order valence-corrected chi connectivity index (χ0v) is 8.37. The van der Waals surface area contributed by atoms with Crippen molar-refractivity contribution in [2.24, 2.45) is 5.41 Å². The average Bonchev–Trinajstić information content (AvgIpc) is 2.10. The van der Waals surface area contributed by atoms with E-state index in [-0.39, 0.29) is 11.4 Å². The van der Waals surface area contributed by atoms with Gasteiger partial charge in [-0.05, 0) is 13.8 Å². The molecule has 1 heterocycles. The molecule has 2 amide bonds. The first kappa shape index (κ1) is 9.85. The minimum absolute atomic E-state index is 0.0234. The molecule has 0 aromatic heterocycles. The number of carbonyl (C=O) groups is 1. The van der Waals surface area contributed by atoms with Gasteiger partial charge in [0.1, 0.15) is 0 Å². The van der Waals surface area contributed by atoms with Crippen LogP contribution in [0, 0.1) is 16.7 Å². The van der Waals surface area contributed by atoms with Crippen LogP contribution >= 0.6 is 0 Å². The fourth-order valence-corrected chi connectivity index (χ4v) is 1.38. The molecule has 0 atom stereocenters. The predicted molar refractivity (Wildman–Crippen MR) is 49.0 cm³/mol. The topological polar surface area (TPSA) is 47.3 Å². The Labute approximate surface area is 78.7 Å². The van der Waals surface area contributed by atoms with Gasteiger partial charge in [0, 0.05) is 26.7 Å². The molecule has 1 fully saturated rings. The number of hydrogen-bond donors (Lipinski definition) is 0. The summed E-state index contributed by atoms with van der Waals surface area (Å²) in [5, 5.41) is 8.74. The highest BCUT2D eigenvalue weighted by Crippen LogP contribution is 2.29. The third-order valence-electron chi connectivity index (χ3n) is 2.42. The van der Waals surface area contributed by atoms with E-state index in [0.29, 0.717) is 19.6 Å². The van der Waals surface area contributed by atoms with Gasteiger partial charge in [-0.1, -0.05) is 0 Å². The molecule has 0 aliphatic carbocycles. The third-order valence-corrected chi connectivity index (χ3v) is 2.42. The van der Waals surface area contributed by atoms with E-state index in [9.17, 15) is 4.79 Å². The number of nitriles is 1.